The van der Waals surface area contributed by atoms with E-state index < -0.39 is 8.80 Å². The lowest BCUT2D eigenvalue weighted by Crippen LogP contribution is -2.46. The Morgan fingerprint density at radius 2 is 1.50 bits per heavy atom. The van der Waals surface area contributed by atoms with Crippen LogP contribution in [0.2, 0.25) is 6.04 Å². The molecule has 0 aliphatic heterocycles. The monoisotopic (exact) mass is 324 g/mol. The highest BCUT2D eigenvalue weighted by Crippen LogP contribution is 2.20. The molecule has 0 rings (SSSR count). The third kappa shape index (κ3) is 9.36. The maximum atomic E-state index is 9.49. The number of hydrogen-bond donors (Lipinski definition) is 1. The van der Waals surface area contributed by atoms with Gasteiger partial charge in [0.05, 0.1) is 6.10 Å². The van der Waals surface area contributed by atoms with Crippen LogP contribution < -0.4 is 0 Å². The van der Waals surface area contributed by atoms with Crippen LogP contribution in [0.4, 0.5) is 0 Å². The van der Waals surface area contributed by atoms with E-state index in [1.54, 1.807) is 0 Å². The van der Waals surface area contributed by atoms with Crippen LogP contribution in [0, 0.1) is 0 Å². The van der Waals surface area contributed by atoms with Gasteiger partial charge in [-0.25, -0.2) is 0 Å². The van der Waals surface area contributed by atoms with Gasteiger partial charge in [-0.1, -0.05) is 6.92 Å². The van der Waals surface area contributed by atoms with Gasteiger partial charge in [0.25, 0.3) is 0 Å². The molecule has 1 N–H and O–H groups in total. The van der Waals surface area contributed by atoms with Crippen LogP contribution in [-0.2, 0) is 13.3 Å². The first-order valence-corrected chi connectivity index (χ1v) is 10.9. The molecule has 0 amide bonds. The molecule has 0 saturated heterocycles. The Kier molecular flexibility index (Phi) is 13.4. The van der Waals surface area contributed by atoms with Crippen LogP contribution in [0.25, 0.3) is 0 Å². The fourth-order valence-electron chi connectivity index (χ4n) is 1.92. The molecular weight excluding hydrogens is 292 g/mol. The third-order valence-corrected chi connectivity index (χ3v) is 7.18. The summed E-state index contributed by atoms with van der Waals surface area (Å²) < 4.78 is 17.5. The summed E-state index contributed by atoms with van der Waals surface area (Å²) in [6.45, 7) is 9.90. The van der Waals surface area contributed by atoms with Gasteiger partial charge in [-0.05, 0) is 51.5 Å². The van der Waals surface area contributed by atoms with E-state index in [1.807, 2.05) is 39.5 Å². The second-order valence-electron chi connectivity index (χ2n) is 4.55. The molecular formula is C14H32O4SSi. The molecule has 1 unspecified atom stereocenters. The van der Waals surface area contributed by atoms with Gasteiger partial charge in [0.1, 0.15) is 0 Å². The number of aliphatic hydroxyl groups is 1. The van der Waals surface area contributed by atoms with Gasteiger partial charge in [-0.2, -0.15) is 11.8 Å². The average molecular weight is 325 g/mol. The zero-order valence-corrected chi connectivity index (χ0v) is 15.3. The van der Waals surface area contributed by atoms with Crippen LogP contribution in [-0.4, -0.2) is 51.3 Å². The topological polar surface area (TPSA) is 47.9 Å². The van der Waals surface area contributed by atoms with Crippen LogP contribution >= 0.6 is 11.8 Å². The van der Waals surface area contributed by atoms with Crippen molar-refractivity contribution in [1.82, 2.24) is 0 Å². The zero-order valence-electron chi connectivity index (χ0n) is 13.5. The Balaban J connectivity index is 3.94. The van der Waals surface area contributed by atoms with E-state index >= 15 is 0 Å². The van der Waals surface area contributed by atoms with Gasteiger partial charge in [-0.3, -0.25) is 0 Å². The quantitative estimate of drug-likeness (QED) is 0.392. The molecule has 0 aliphatic rings. The molecule has 1 atom stereocenters. The summed E-state index contributed by atoms with van der Waals surface area (Å²) in [6, 6.07) is 0.881. The Morgan fingerprint density at radius 1 is 0.950 bits per heavy atom. The molecule has 20 heavy (non-hydrogen) atoms. The van der Waals surface area contributed by atoms with E-state index in [0.29, 0.717) is 19.8 Å². The van der Waals surface area contributed by atoms with E-state index in [-0.39, 0.29) is 6.10 Å². The van der Waals surface area contributed by atoms with Crippen molar-refractivity contribution in [2.24, 2.45) is 0 Å². The normalized spacial score (nSPS) is 13.7. The van der Waals surface area contributed by atoms with E-state index in [2.05, 4.69) is 0 Å². The number of hydrogen-bond acceptors (Lipinski definition) is 5. The fourth-order valence-corrected chi connectivity index (χ4v) is 5.78. The predicted octanol–water partition coefficient (Wildman–Crippen LogP) is 3.32. The van der Waals surface area contributed by atoms with Crippen molar-refractivity contribution < 1.29 is 18.4 Å². The predicted molar refractivity (Wildman–Crippen MR) is 88.3 cm³/mol. The van der Waals surface area contributed by atoms with Crippen LogP contribution in [0.5, 0.6) is 0 Å². The molecule has 0 heterocycles. The van der Waals surface area contributed by atoms with Crippen molar-refractivity contribution in [2.45, 2.75) is 59.1 Å². The van der Waals surface area contributed by atoms with Crippen LogP contribution in [0.15, 0.2) is 0 Å². The zero-order chi connectivity index (χ0) is 15.3. The second kappa shape index (κ2) is 13.1. The van der Waals surface area contributed by atoms with Crippen molar-refractivity contribution in [3.8, 4) is 0 Å². The molecule has 0 fully saturated rings. The highest BCUT2D eigenvalue weighted by atomic mass is 32.2. The summed E-state index contributed by atoms with van der Waals surface area (Å²) in [6.07, 6.45) is 2.62. The highest BCUT2D eigenvalue weighted by molar-refractivity contribution is 7.99. The van der Waals surface area contributed by atoms with Crippen molar-refractivity contribution in [3.63, 3.8) is 0 Å². The summed E-state index contributed by atoms with van der Waals surface area (Å²) in [5.41, 5.74) is 0. The molecule has 0 bridgehead atoms. The van der Waals surface area contributed by atoms with Crippen molar-refractivity contribution >= 4 is 20.6 Å². The van der Waals surface area contributed by atoms with Crippen molar-refractivity contribution in [2.75, 3.05) is 31.3 Å². The lowest BCUT2D eigenvalue weighted by Gasteiger charge is -2.28. The van der Waals surface area contributed by atoms with E-state index in [0.717, 1.165) is 36.8 Å². The minimum absolute atomic E-state index is 0.147. The average Bonchev–Trinajstić information content (AvgIpc) is 2.43. The minimum atomic E-state index is -2.45. The maximum Gasteiger partial charge on any atom is 0.500 e. The standard InChI is InChI=1S/C14H32O4SSi/c1-5-14(15)10-12-19-11-9-13-20(16-6-2,17-7-3)18-8-4/h14-15H,5-13H2,1-4H3. The molecule has 0 aromatic rings. The first-order valence-electron chi connectivity index (χ1n) is 7.81. The fraction of sp³-hybridized carbons (Fsp3) is 1.00. The Morgan fingerprint density at radius 3 is 1.95 bits per heavy atom. The molecule has 0 spiro atoms. The van der Waals surface area contributed by atoms with Gasteiger partial charge in [0, 0.05) is 25.9 Å². The molecule has 0 saturated carbocycles. The van der Waals surface area contributed by atoms with Crippen molar-refractivity contribution in [1.29, 1.82) is 0 Å². The highest BCUT2D eigenvalue weighted by Gasteiger charge is 2.39. The minimum Gasteiger partial charge on any atom is -0.393 e. The van der Waals surface area contributed by atoms with Crippen LogP contribution in [0.3, 0.4) is 0 Å². The smallest absolute Gasteiger partial charge is 0.393 e. The van der Waals surface area contributed by atoms with E-state index in [1.165, 1.54) is 0 Å². The lowest BCUT2D eigenvalue weighted by molar-refractivity contribution is 0.0712. The van der Waals surface area contributed by atoms with Crippen molar-refractivity contribution in [3.05, 3.63) is 0 Å². The molecule has 0 aromatic heterocycles. The molecule has 0 aromatic carbocycles. The summed E-state index contributed by atoms with van der Waals surface area (Å²) in [5, 5.41) is 9.49. The summed E-state index contributed by atoms with van der Waals surface area (Å²) in [4.78, 5) is 0. The second-order valence-corrected chi connectivity index (χ2v) is 8.51. The van der Waals surface area contributed by atoms with Gasteiger partial charge in [0.15, 0.2) is 0 Å². The van der Waals surface area contributed by atoms with E-state index in [9.17, 15) is 5.11 Å². The molecule has 122 valence electrons. The summed E-state index contributed by atoms with van der Waals surface area (Å²) >= 11 is 1.89. The molecule has 6 heteroatoms. The van der Waals surface area contributed by atoms with Gasteiger partial charge < -0.3 is 18.4 Å². The summed E-state index contributed by atoms with van der Waals surface area (Å²) in [7, 11) is -2.45. The molecule has 0 aliphatic carbocycles. The van der Waals surface area contributed by atoms with Gasteiger partial charge in [0.2, 0.25) is 0 Å². The SMILES string of the molecule is CCO[Si](CCCSCCC(O)CC)(OCC)OCC. The Labute approximate surface area is 129 Å². The largest absolute Gasteiger partial charge is 0.500 e. The Bertz CT molecular complexity index is 202. The summed E-state index contributed by atoms with van der Waals surface area (Å²) in [5.74, 6) is 2.08. The third-order valence-electron chi connectivity index (χ3n) is 2.93. The first kappa shape index (κ1) is 20.4. The van der Waals surface area contributed by atoms with Gasteiger partial charge >= 0.3 is 8.80 Å². The van der Waals surface area contributed by atoms with Gasteiger partial charge in [-0.15, -0.1) is 0 Å². The molecule has 0 radical (unpaired) electrons. The van der Waals surface area contributed by atoms with E-state index in [4.69, 9.17) is 13.3 Å². The lowest BCUT2D eigenvalue weighted by atomic mass is 10.2. The molecule has 4 nitrogen and oxygen atoms in total. The number of rotatable bonds is 14. The Hall–Kier alpha value is 0.407. The maximum absolute atomic E-state index is 9.49. The first-order chi connectivity index (χ1) is 9.64. The van der Waals surface area contributed by atoms with Crippen LogP contribution in [0.1, 0.15) is 47.0 Å². The number of thioether (sulfide) groups is 1. The number of aliphatic hydroxyl groups excluding tert-OH is 1.